The number of hydrogen-bond donors (Lipinski definition) is 1. The van der Waals surface area contributed by atoms with Crippen LogP contribution in [0.3, 0.4) is 0 Å². The summed E-state index contributed by atoms with van der Waals surface area (Å²) in [6, 6.07) is 14.9. The van der Waals surface area contributed by atoms with Crippen molar-refractivity contribution in [3.8, 4) is 0 Å². The van der Waals surface area contributed by atoms with Gasteiger partial charge in [0.05, 0.1) is 11.0 Å². The monoisotopic (exact) mass is 336 g/mol. The van der Waals surface area contributed by atoms with E-state index in [-0.39, 0.29) is 17.9 Å². The third-order valence-electron chi connectivity index (χ3n) is 4.46. The second kappa shape index (κ2) is 7.51. The van der Waals surface area contributed by atoms with Crippen molar-refractivity contribution in [3.63, 3.8) is 0 Å². The lowest BCUT2D eigenvalue weighted by Gasteiger charge is -2.15. The number of aromatic nitrogens is 1. The molecule has 0 unspecified atom stereocenters. The Balaban J connectivity index is 1.93. The van der Waals surface area contributed by atoms with Gasteiger partial charge in [-0.05, 0) is 43.0 Å². The van der Waals surface area contributed by atoms with Crippen LogP contribution in [0.1, 0.15) is 26.7 Å². The van der Waals surface area contributed by atoms with Crippen molar-refractivity contribution >= 4 is 27.7 Å². The summed E-state index contributed by atoms with van der Waals surface area (Å²) in [7, 11) is 0. The van der Waals surface area contributed by atoms with E-state index in [0.717, 1.165) is 23.9 Å². The largest absolute Gasteiger partial charge is 0.355 e. The first kappa shape index (κ1) is 17.2. The van der Waals surface area contributed by atoms with Gasteiger partial charge < -0.3 is 9.88 Å². The van der Waals surface area contributed by atoms with Crippen molar-refractivity contribution < 1.29 is 4.79 Å². The van der Waals surface area contributed by atoms with Gasteiger partial charge in [0.1, 0.15) is 6.54 Å². The number of para-hydroxylation sites is 2. The summed E-state index contributed by atoms with van der Waals surface area (Å²) in [6.45, 7) is 5.26. The number of fused-ring (bicyclic) bond motifs is 2. The van der Waals surface area contributed by atoms with E-state index in [1.165, 1.54) is 0 Å². The first-order valence-electron chi connectivity index (χ1n) is 8.85. The molecule has 1 N–H and O–H groups in total. The molecule has 0 spiro atoms. The van der Waals surface area contributed by atoms with E-state index in [0.29, 0.717) is 23.2 Å². The SMILES string of the molecule is CC(C)CCCNC(=O)Cn1c2ccccc2c(=O)c2ccccc21. The average molecular weight is 336 g/mol. The van der Waals surface area contributed by atoms with Crippen LogP contribution in [0.4, 0.5) is 0 Å². The Labute approximate surface area is 147 Å². The molecule has 3 aromatic rings. The summed E-state index contributed by atoms with van der Waals surface area (Å²) < 4.78 is 1.93. The fourth-order valence-corrected chi connectivity index (χ4v) is 3.18. The summed E-state index contributed by atoms with van der Waals surface area (Å²) >= 11 is 0. The number of rotatable bonds is 6. The molecule has 0 fully saturated rings. The molecule has 1 amide bonds. The molecular formula is C21H24N2O2. The van der Waals surface area contributed by atoms with Gasteiger partial charge in [-0.3, -0.25) is 9.59 Å². The van der Waals surface area contributed by atoms with Gasteiger partial charge in [0.25, 0.3) is 0 Å². The van der Waals surface area contributed by atoms with Gasteiger partial charge in [-0.2, -0.15) is 0 Å². The maximum absolute atomic E-state index is 12.7. The summed E-state index contributed by atoms with van der Waals surface area (Å²) in [5, 5.41) is 4.29. The van der Waals surface area contributed by atoms with Gasteiger partial charge in [0, 0.05) is 17.3 Å². The lowest BCUT2D eigenvalue weighted by molar-refractivity contribution is -0.121. The number of pyridine rings is 1. The number of amides is 1. The van der Waals surface area contributed by atoms with Gasteiger partial charge in [-0.25, -0.2) is 0 Å². The maximum atomic E-state index is 12.7. The number of hydrogen-bond acceptors (Lipinski definition) is 2. The molecule has 4 nitrogen and oxygen atoms in total. The van der Waals surface area contributed by atoms with E-state index in [1.807, 2.05) is 53.1 Å². The van der Waals surface area contributed by atoms with Crippen LogP contribution in [-0.2, 0) is 11.3 Å². The fourth-order valence-electron chi connectivity index (χ4n) is 3.18. The normalized spacial score (nSPS) is 11.3. The van der Waals surface area contributed by atoms with Crippen molar-refractivity contribution in [2.75, 3.05) is 6.54 Å². The molecular weight excluding hydrogens is 312 g/mol. The highest BCUT2D eigenvalue weighted by Crippen LogP contribution is 2.18. The molecule has 3 rings (SSSR count). The number of nitrogens with zero attached hydrogens (tertiary/aromatic N) is 1. The summed E-state index contributed by atoms with van der Waals surface area (Å²) in [6.07, 6.45) is 2.08. The first-order chi connectivity index (χ1) is 12.1. The minimum Gasteiger partial charge on any atom is -0.355 e. The Morgan fingerprint density at radius 3 is 2.12 bits per heavy atom. The number of nitrogens with one attached hydrogen (secondary N) is 1. The minimum atomic E-state index is -0.0253. The Kier molecular flexibility index (Phi) is 5.17. The fraction of sp³-hybridized carbons (Fsp3) is 0.333. The molecule has 0 aliphatic rings. The number of benzene rings is 2. The number of carbonyl (C=O) groups excluding carboxylic acids is 1. The van der Waals surface area contributed by atoms with Crippen molar-refractivity contribution in [1.82, 2.24) is 9.88 Å². The quantitative estimate of drug-likeness (QED) is 0.551. The van der Waals surface area contributed by atoms with Crippen LogP contribution >= 0.6 is 0 Å². The highest BCUT2D eigenvalue weighted by molar-refractivity contribution is 5.94. The zero-order valence-electron chi connectivity index (χ0n) is 14.8. The van der Waals surface area contributed by atoms with Crippen LogP contribution in [0.25, 0.3) is 21.8 Å². The standard InChI is InChI=1S/C21H24N2O2/c1-15(2)8-7-13-22-20(24)14-23-18-11-5-3-9-16(18)21(25)17-10-4-6-12-19(17)23/h3-6,9-12,15H,7-8,13-14H2,1-2H3,(H,22,24). The molecule has 1 heterocycles. The Morgan fingerprint density at radius 1 is 1.00 bits per heavy atom. The Bertz CT molecular complexity index is 897. The second-order valence-electron chi connectivity index (χ2n) is 6.84. The van der Waals surface area contributed by atoms with Crippen LogP contribution < -0.4 is 10.7 Å². The predicted molar refractivity (Wildman–Crippen MR) is 103 cm³/mol. The molecule has 0 aliphatic carbocycles. The molecule has 4 heteroatoms. The molecule has 0 radical (unpaired) electrons. The van der Waals surface area contributed by atoms with E-state index < -0.39 is 0 Å². The molecule has 0 atom stereocenters. The third kappa shape index (κ3) is 3.73. The van der Waals surface area contributed by atoms with Gasteiger partial charge in [0.2, 0.25) is 5.91 Å². The summed E-state index contributed by atoms with van der Waals surface area (Å²) in [5.74, 6) is 0.617. The van der Waals surface area contributed by atoms with Crippen LogP contribution in [-0.4, -0.2) is 17.0 Å². The van der Waals surface area contributed by atoms with Gasteiger partial charge in [0.15, 0.2) is 5.43 Å². The average Bonchev–Trinajstić information content (AvgIpc) is 2.62. The van der Waals surface area contributed by atoms with Gasteiger partial charge in [-0.1, -0.05) is 38.1 Å². The highest BCUT2D eigenvalue weighted by Gasteiger charge is 2.12. The van der Waals surface area contributed by atoms with Crippen LogP contribution in [0, 0.1) is 5.92 Å². The molecule has 25 heavy (non-hydrogen) atoms. The van der Waals surface area contributed by atoms with E-state index >= 15 is 0 Å². The smallest absolute Gasteiger partial charge is 0.239 e. The maximum Gasteiger partial charge on any atom is 0.239 e. The van der Waals surface area contributed by atoms with Crippen LogP contribution in [0.15, 0.2) is 53.3 Å². The van der Waals surface area contributed by atoms with E-state index in [4.69, 9.17) is 0 Å². The molecule has 130 valence electrons. The van der Waals surface area contributed by atoms with Crippen LogP contribution in [0.5, 0.6) is 0 Å². The van der Waals surface area contributed by atoms with E-state index in [9.17, 15) is 9.59 Å². The van der Waals surface area contributed by atoms with Gasteiger partial charge in [-0.15, -0.1) is 0 Å². The van der Waals surface area contributed by atoms with Crippen molar-refractivity contribution in [3.05, 3.63) is 58.8 Å². The van der Waals surface area contributed by atoms with E-state index in [2.05, 4.69) is 19.2 Å². The molecule has 1 aromatic heterocycles. The van der Waals surface area contributed by atoms with Crippen LogP contribution in [0.2, 0.25) is 0 Å². The predicted octanol–water partition coefficient (Wildman–Crippen LogP) is 3.71. The van der Waals surface area contributed by atoms with Crippen molar-refractivity contribution in [1.29, 1.82) is 0 Å². The van der Waals surface area contributed by atoms with Crippen molar-refractivity contribution in [2.24, 2.45) is 5.92 Å². The molecule has 0 saturated carbocycles. The van der Waals surface area contributed by atoms with E-state index in [1.54, 1.807) is 0 Å². The number of carbonyl (C=O) groups is 1. The molecule has 0 saturated heterocycles. The highest BCUT2D eigenvalue weighted by atomic mass is 16.2. The summed E-state index contributed by atoms with van der Waals surface area (Å²) in [5.41, 5.74) is 1.60. The summed E-state index contributed by atoms with van der Waals surface area (Å²) in [4.78, 5) is 25.1. The topological polar surface area (TPSA) is 51.1 Å². The Morgan fingerprint density at radius 2 is 1.56 bits per heavy atom. The molecule has 2 aromatic carbocycles. The minimum absolute atomic E-state index is 0.0137. The third-order valence-corrected chi connectivity index (χ3v) is 4.46. The zero-order chi connectivity index (χ0) is 17.8. The zero-order valence-corrected chi connectivity index (χ0v) is 14.8. The lowest BCUT2D eigenvalue weighted by atomic mass is 10.1. The first-order valence-corrected chi connectivity index (χ1v) is 8.85. The Hall–Kier alpha value is -2.62. The van der Waals surface area contributed by atoms with Crippen molar-refractivity contribution in [2.45, 2.75) is 33.2 Å². The second-order valence-corrected chi connectivity index (χ2v) is 6.84. The lowest BCUT2D eigenvalue weighted by Crippen LogP contribution is -2.29. The molecule has 0 aliphatic heterocycles. The van der Waals surface area contributed by atoms with Gasteiger partial charge >= 0.3 is 0 Å². The molecule has 0 bridgehead atoms.